The number of rotatable bonds is 5. The van der Waals surface area contributed by atoms with E-state index in [1.807, 2.05) is 0 Å². The van der Waals surface area contributed by atoms with Crippen molar-refractivity contribution in [2.45, 2.75) is 27.2 Å². The molecule has 0 spiro atoms. The molecule has 0 aromatic heterocycles. The largest absolute Gasteiger partial charge is 0.328 e. The molecule has 72 valence electrons. The van der Waals surface area contributed by atoms with Crippen molar-refractivity contribution in [1.29, 1.82) is 0 Å². The summed E-state index contributed by atoms with van der Waals surface area (Å²) in [5.74, 6) is 0.645. The minimum absolute atomic E-state index is 0.645. The standard InChI is InChI=1S/C11H24N/c1-7-8-12(5,6)9-11(4)10(2)3/h11H,2,7-9H2,1,3-6H3/q+1. The summed E-state index contributed by atoms with van der Waals surface area (Å²) in [4.78, 5) is 0. The minimum atomic E-state index is 0.645. The lowest BCUT2D eigenvalue weighted by molar-refractivity contribution is -0.892. The molecule has 0 saturated carbocycles. The molecule has 0 fully saturated rings. The van der Waals surface area contributed by atoms with Gasteiger partial charge in [0.1, 0.15) is 0 Å². The zero-order chi connectivity index (χ0) is 9.78. The Morgan fingerprint density at radius 3 is 2.25 bits per heavy atom. The summed E-state index contributed by atoms with van der Waals surface area (Å²) in [7, 11) is 4.59. The highest BCUT2D eigenvalue weighted by Gasteiger charge is 2.17. The zero-order valence-corrected chi connectivity index (χ0v) is 9.35. The van der Waals surface area contributed by atoms with Gasteiger partial charge in [-0.05, 0) is 13.3 Å². The second-order valence-corrected chi connectivity index (χ2v) is 4.59. The molecule has 0 rings (SSSR count). The Kier molecular flexibility index (Phi) is 4.54. The van der Waals surface area contributed by atoms with E-state index in [2.05, 4.69) is 41.4 Å². The summed E-state index contributed by atoms with van der Waals surface area (Å²) < 4.78 is 1.12. The summed E-state index contributed by atoms with van der Waals surface area (Å²) in [6.45, 7) is 13.1. The van der Waals surface area contributed by atoms with Crippen LogP contribution in [0.2, 0.25) is 0 Å². The van der Waals surface area contributed by atoms with Crippen LogP contribution in [0.5, 0.6) is 0 Å². The third kappa shape index (κ3) is 4.55. The molecule has 0 aliphatic rings. The zero-order valence-electron chi connectivity index (χ0n) is 9.35. The molecule has 12 heavy (non-hydrogen) atoms. The number of hydrogen-bond acceptors (Lipinski definition) is 0. The molecule has 0 N–H and O–H groups in total. The van der Waals surface area contributed by atoms with Gasteiger partial charge in [-0.25, -0.2) is 0 Å². The van der Waals surface area contributed by atoms with Crippen LogP contribution < -0.4 is 0 Å². The molecule has 1 nitrogen and oxygen atoms in total. The van der Waals surface area contributed by atoms with Gasteiger partial charge in [-0.2, -0.15) is 0 Å². The van der Waals surface area contributed by atoms with Crippen LogP contribution in [0, 0.1) is 5.92 Å². The highest BCUT2D eigenvalue weighted by atomic mass is 15.3. The molecular formula is C11H24N+. The highest BCUT2D eigenvalue weighted by Crippen LogP contribution is 2.12. The Balaban J connectivity index is 3.95. The fourth-order valence-corrected chi connectivity index (χ4v) is 1.59. The van der Waals surface area contributed by atoms with Crippen LogP contribution in [0.1, 0.15) is 27.2 Å². The van der Waals surface area contributed by atoms with Gasteiger partial charge < -0.3 is 4.48 Å². The lowest BCUT2D eigenvalue weighted by Gasteiger charge is -2.32. The monoisotopic (exact) mass is 170 g/mol. The molecule has 0 amide bonds. The fourth-order valence-electron chi connectivity index (χ4n) is 1.59. The van der Waals surface area contributed by atoms with E-state index < -0.39 is 0 Å². The van der Waals surface area contributed by atoms with Crippen molar-refractivity contribution in [3.05, 3.63) is 12.2 Å². The molecule has 0 aliphatic heterocycles. The molecule has 0 bridgehead atoms. The average Bonchev–Trinajstić information content (AvgIpc) is 1.85. The van der Waals surface area contributed by atoms with Crippen LogP contribution in [0.4, 0.5) is 0 Å². The molecule has 0 radical (unpaired) electrons. The van der Waals surface area contributed by atoms with E-state index in [0.29, 0.717) is 5.92 Å². The van der Waals surface area contributed by atoms with Gasteiger partial charge in [0, 0.05) is 5.92 Å². The smallest absolute Gasteiger partial charge is 0.0845 e. The summed E-state index contributed by atoms with van der Waals surface area (Å²) in [5, 5.41) is 0. The van der Waals surface area contributed by atoms with Gasteiger partial charge in [-0.15, -0.1) is 0 Å². The van der Waals surface area contributed by atoms with Gasteiger partial charge in [-0.1, -0.05) is 26.0 Å². The van der Waals surface area contributed by atoms with E-state index in [-0.39, 0.29) is 0 Å². The van der Waals surface area contributed by atoms with E-state index in [1.54, 1.807) is 0 Å². The van der Waals surface area contributed by atoms with Crippen molar-refractivity contribution >= 4 is 0 Å². The van der Waals surface area contributed by atoms with Crippen molar-refractivity contribution < 1.29 is 4.48 Å². The maximum Gasteiger partial charge on any atom is 0.0845 e. The molecule has 0 aromatic carbocycles. The Morgan fingerprint density at radius 2 is 1.92 bits per heavy atom. The number of nitrogens with zero attached hydrogens (tertiary/aromatic N) is 1. The number of hydrogen-bond donors (Lipinski definition) is 0. The maximum atomic E-state index is 3.99. The van der Waals surface area contributed by atoms with E-state index in [9.17, 15) is 0 Å². The predicted octanol–water partition coefficient (Wildman–Crippen LogP) is 2.69. The molecule has 1 atom stereocenters. The fraction of sp³-hybridized carbons (Fsp3) is 0.818. The summed E-state index contributed by atoms with van der Waals surface area (Å²) in [5.41, 5.74) is 1.30. The van der Waals surface area contributed by atoms with Crippen LogP contribution in [0.15, 0.2) is 12.2 Å². The van der Waals surface area contributed by atoms with E-state index in [0.717, 1.165) is 4.48 Å². The van der Waals surface area contributed by atoms with Crippen LogP contribution in [-0.4, -0.2) is 31.7 Å². The van der Waals surface area contributed by atoms with E-state index >= 15 is 0 Å². The summed E-state index contributed by atoms with van der Waals surface area (Å²) >= 11 is 0. The molecule has 0 aliphatic carbocycles. The van der Waals surface area contributed by atoms with Crippen molar-refractivity contribution in [3.8, 4) is 0 Å². The molecule has 0 saturated heterocycles. The number of quaternary nitrogens is 1. The van der Waals surface area contributed by atoms with Gasteiger partial charge in [0.15, 0.2) is 0 Å². The molecular weight excluding hydrogens is 146 g/mol. The first kappa shape index (κ1) is 11.7. The van der Waals surface area contributed by atoms with Crippen LogP contribution in [0.25, 0.3) is 0 Å². The van der Waals surface area contributed by atoms with Crippen LogP contribution in [0.3, 0.4) is 0 Å². The van der Waals surface area contributed by atoms with Crippen molar-refractivity contribution in [1.82, 2.24) is 0 Å². The molecule has 0 heterocycles. The quantitative estimate of drug-likeness (QED) is 0.439. The van der Waals surface area contributed by atoms with Crippen LogP contribution in [-0.2, 0) is 0 Å². The van der Waals surface area contributed by atoms with Gasteiger partial charge in [-0.3, -0.25) is 0 Å². The third-order valence-electron chi connectivity index (χ3n) is 2.44. The Labute approximate surface area is 77.7 Å². The molecule has 0 aromatic rings. The lowest BCUT2D eigenvalue weighted by Crippen LogP contribution is -2.43. The highest BCUT2D eigenvalue weighted by molar-refractivity contribution is 4.93. The first-order valence-electron chi connectivity index (χ1n) is 4.86. The van der Waals surface area contributed by atoms with Crippen molar-refractivity contribution in [3.63, 3.8) is 0 Å². The predicted molar refractivity (Wildman–Crippen MR) is 56.1 cm³/mol. The SMILES string of the molecule is C=C(C)C(C)C[N+](C)(C)CCC. The van der Waals surface area contributed by atoms with E-state index in [4.69, 9.17) is 0 Å². The lowest BCUT2D eigenvalue weighted by atomic mass is 10.0. The van der Waals surface area contributed by atoms with E-state index in [1.165, 1.54) is 25.1 Å². The maximum absolute atomic E-state index is 3.99. The van der Waals surface area contributed by atoms with Gasteiger partial charge >= 0.3 is 0 Å². The molecule has 1 heteroatoms. The first-order chi connectivity index (χ1) is 5.39. The van der Waals surface area contributed by atoms with Gasteiger partial charge in [0.2, 0.25) is 0 Å². The second kappa shape index (κ2) is 4.66. The summed E-state index contributed by atoms with van der Waals surface area (Å²) in [6, 6.07) is 0. The first-order valence-corrected chi connectivity index (χ1v) is 4.86. The molecule has 1 unspecified atom stereocenters. The van der Waals surface area contributed by atoms with Gasteiger partial charge in [0.25, 0.3) is 0 Å². The Morgan fingerprint density at radius 1 is 1.42 bits per heavy atom. The van der Waals surface area contributed by atoms with Crippen molar-refractivity contribution in [2.24, 2.45) is 5.92 Å². The second-order valence-electron chi connectivity index (χ2n) is 4.59. The Hall–Kier alpha value is -0.300. The summed E-state index contributed by atoms with van der Waals surface area (Å²) in [6.07, 6.45) is 1.26. The minimum Gasteiger partial charge on any atom is -0.328 e. The van der Waals surface area contributed by atoms with Crippen molar-refractivity contribution in [2.75, 3.05) is 27.2 Å². The van der Waals surface area contributed by atoms with Crippen LogP contribution >= 0.6 is 0 Å². The Bertz CT molecular complexity index is 147. The topological polar surface area (TPSA) is 0 Å². The normalized spacial score (nSPS) is 14.4. The average molecular weight is 170 g/mol. The third-order valence-corrected chi connectivity index (χ3v) is 2.44. The van der Waals surface area contributed by atoms with Gasteiger partial charge in [0.05, 0.1) is 27.2 Å².